The summed E-state index contributed by atoms with van der Waals surface area (Å²) in [5.41, 5.74) is 7.95. The third kappa shape index (κ3) is 4.20. The number of aliphatic hydroxyl groups excluding tert-OH is 1. The minimum atomic E-state index is -0.400. The quantitative estimate of drug-likeness (QED) is 0.546. The fourth-order valence-electron chi connectivity index (χ4n) is 2.83. The first-order chi connectivity index (χ1) is 13.0. The van der Waals surface area contributed by atoms with E-state index in [0.29, 0.717) is 36.4 Å². The molecule has 9 heteroatoms. The Hall–Kier alpha value is -3.07. The van der Waals surface area contributed by atoms with Gasteiger partial charge in [0.1, 0.15) is 17.0 Å². The van der Waals surface area contributed by atoms with Crippen molar-refractivity contribution >= 4 is 22.8 Å². The maximum absolute atomic E-state index is 9.42. The zero-order chi connectivity index (χ0) is 19.4. The minimum absolute atomic E-state index is 0.163. The van der Waals surface area contributed by atoms with E-state index < -0.39 is 6.10 Å². The molecule has 27 heavy (non-hydrogen) atoms. The molecule has 0 aliphatic carbocycles. The summed E-state index contributed by atoms with van der Waals surface area (Å²) in [7, 11) is 3.24. The standard InChI is InChI=1S/C18H24N6O3/c1-11(25)7-8-20-17-16-13(21-18(19)22-17)10-24(23-16)9-12-14(26-2)5-4-6-15(12)27-3/h4-6,10-11,25H,7-9H2,1-3H3,(H3,19,20,21,22)/t11-/m1/s1. The highest BCUT2D eigenvalue weighted by atomic mass is 16.5. The predicted molar refractivity (Wildman–Crippen MR) is 103 cm³/mol. The predicted octanol–water partition coefficient (Wildman–Crippen LogP) is 1.66. The van der Waals surface area contributed by atoms with Gasteiger partial charge in [0.05, 0.1) is 38.6 Å². The lowest BCUT2D eigenvalue weighted by molar-refractivity contribution is 0.188. The summed E-state index contributed by atoms with van der Waals surface area (Å²) in [5.74, 6) is 2.14. The van der Waals surface area contributed by atoms with E-state index in [4.69, 9.17) is 15.2 Å². The van der Waals surface area contributed by atoms with E-state index in [1.165, 1.54) is 0 Å². The van der Waals surface area contributed by atoms with Gasteiger partial charge >= 0.3 is 0 Å². The van der Waals surface area contributed by atoms with Crippen LogP contribution in [0, 0.1) is 0 Å². The molecule has 1 atom stereocenters. The van der Waals surface area contributed by atoms with Gasteiger partial charge in [-0.25, -0.2) is 4.98 Å². The molecular weight excluding hydrogens is 348 g/mol. The molecular formula is C18H24N6O3. The van der Waals surface area contributed by atoms with E-state index in [9.17, 15) is 5.11 Å². The first kappa shape index (κ1) is 18.7. The average Bonchev–Trinajstić information content (AvgIpc) is 3.03. The highest BCUT2D eigenvalue weighted by molar-refractivity contribution is 5.85. The van der Waals surface area contributed by atoms with Crippen LogP contribution in [0.25, 0.3) is 11.0 Å². The molecule has 0 amide bonds. The highest BCUT2D eigenvalue weighted by Gasteiger charge is 2.15. The van der Waals surface area contributed by atoms with Crippen molar-refractivity contribution in [1.82, 2.24) is 19.7 Å². The van der Waals surface area contributed by atoms with Crippen molar-refractivity contribution < 1.29 is 14.6 Å². The summed E-state index contributed by atoms with van der Waals surface area (Å²) in [6.07, 6.45) is 1.99. The number of benzene rings is 1. The lowest BCUT2D eigenvalue weighted by atomic mass is 10.1. The van der Waals surface area contributed by atoms with Crippen molar-refractivity contribution in [3.8, 4) is 11.5 Å². The molecule has 1 aromatic carbocycles. The largest absolute Gasteiger partial charge is 0.496 e. The van der Waals surface area contributed by atoms with E-state index in [-0.39, 0.29) is 5.95 Å². The number of anilines is 2. The highest BCUT2D eigenvalue weighted by Crippen LogP contribution is 2.29. The maximum Gasteiger partial charge on any atom is 0.222 e. The molecule has 0 aliphatic rings. The number of aromatic nitrogens is 4. The third-order valence-corrected chi connectivity index (χ3v) is 4.13. The van der Waals surface area contributed by atoms with Crippen LogP contribution >= 0.6 is 0 Å². The van der Waals surface area contributed by atoms with Gasteiger partial charge in [-0.1, -0.05) is 6.07 Å². The zero-order valence-corrected chi connectivity index (χ0v) is 15.6. The molecule has 144 valence electrons. The first-order valence-electron chi connectivity index (χ1n) is 8.64. The number of nitrogens with zero attached hydrogens (tertiary/aromatic N) is 4. The lowest BCUT2D eigenvalue weighted by Crippen LogP contribution is -2.12. The van der Waals surface area contributed by atoms with E-state index in [1.54, 1.807) is 32.0 Å². The van der Waals surface area contributed by atoms with Gasteiger partial charge < -0.3 is 25.6 Å². The molecule has 0 unspecified atom stereocenters. The Bertz CT molecular complexity index is 903. The van der Waals surface area contributed by atoms with Crippen molar-refractivity contribution in [1.29, 1.82) is 0 Å². The number of methoxy groups -OCH3 is 2. The minimum Gasteiger partial charge on any atom is -0.496 e. The molecule has 0 aliphatic heterocycles. The van der Waals surface area contributed by atoms with Crippen LogP contribution in [-0.2, 0) is 6.54 Å². The number of hydrogen-bond acceptors (Lipinski definition) is 8. The van der Waals surface area contributed by atoms with Gasteiger partial charge in [-0.15, -0.1) is 0 Å². The topological polar surface area (TPSA) is 120 Å². The van der Waals surface area contributed by atoms with Gasteiger partial charge in [0.2, 0.25) is 5.95 Å². The number of fused-ring (bicyclic) bond motifs is 1. The van der Waals surface area contributed by atoms with Gasteiger partial charge in [0.25, 0.3) is 0 Å². The van der Waals surface area contributed by atoms with Gasteiger partial charge in [-0.3, -0.25) is 4.68 Å². The number of ether oxygens (including phenoxy) is 2. The number of nitrogen functional groups attached to an aromatic ring is 1. The van der Waals surface area contributed by atoms with Crippen molar-refractivity contribution in [3.63, 3.8) is 0 Å². The Kier molecular flexibility index (Phi) is 5.60. The summed E-state index contributed by atoms with van der Waals surface area (Å²) in [6, 6.07) is 5.63. The monoisotopic (exact) mass is 372 g/mol. The van der Waals surface area contributed by atoms with Crippen LogP contribution in [-0.4, -0.2) is 51.7 Å². The van der Waals surface area contributed by atoms with Crippen molar-refractivity contribution in [2.45, 2.75) is 26.0 Å². The van der Waals surface area contributed by atoms with Gasteiger partial charge in [-0.05, 0) is 25.5 Å². The molecule has 3 rings (SSSR count). The first-order valence-corrected chi connectivity index (χ1v) is 8.64. The Balaban J connectivity index is 1.93. The molecule has 0 saturated heterocycles. The van der Waals surface area contributed by atoms with Crippen LogP contribution in [0.3, 0.4) is 0 Å². The molecule has 2 aromatic heterocycles. The van der Waals surface area contributed by atoms with E-state index in [2.05, 4.69) is 20.4 Å². The second kappa shape index (κ2) is 8.09. The molecule has 0 fully saturated rings. The van der Waals surface area contributed by atoms with Crippen LogP contribution in [0.1, 0.15) is 18.9 Å². The van der Waals surface area contributed by atoms with Crippen LogP contribution in [0.15, 0.2) is 24.4 Å². The van der Waals surface area contributed by atoms with Crippen molar-refractivity contribution in [3.05, 3.63) is 30.0 Å². The Labute approximate surface area is 157 Å². The van der Waals surface area contributed by atoms with Crippen LogP contribution < -0.4 is 20.5 Å². The molecule has 4 N–H and O–H groups in total. The zero-order valence-electron chi connectivity index (χ0n) is 15.6. The number of nitrogens with two attached hydrogens (primary N) is 1. The van der Waals surface area contributed by atoms with Gasteiger partial charge in [0.15, 0.2) is 11.3 Å². The Morgan fingerprint density at radius 1 is 1.22 bits per heavy atom. The maximum atomic E-state index is 9.42. The lowest BCUT2D eigenvalue weighted by Gasteiger charge is -2.12. The van der Waals surface area contributed by atoms with Gasteiger partial charge in [0, 0.05) is 6.54 Å². The number of aliphatic hydroxyl groups is 1. The van der Waals surface area contributed by atoms with E-state index >= 15 is 0 Å². The number of nitrogens with one attached hydrogen (secondary N) is 1. The SMILES string of the molecule is COc1cccc(OC)c1Cn1cc2nc(N)nc(NCC[C@@H](C)O)c2n1. The number of hydrogen-bond donors (Lipinski definition) is 3. The molecule has 0 spiro atoms. The smallest absolute Gasteiger partial charge is 0.222 e. The fraction of sp³-hybridized carbons (Fsp3) is 0.389. The molecule has 0 radical (unpaired) electrons. The summed E-state index contributed by atoms with van der Waals surface area (Å²) in [6.45, 7) is 2.73. The fourth-order valence-corrected chi connectivity index (χ4v) is 2.83. The molecule has 9 nitrogen and oxygen atoms in total. The Morgan fingerprint density at radius 3 is 2.56 bits per heavy atom. The normalized spacial score (nSPS) is 12.1. The molecule has 2 heterocycles. The summed E-state index contributed by atoms with van der Waals surface area (Å²) in [5, 5.41) is 17.2. The molecule has 0 bridgehead atoms. The second-order valence-electron chi connectivity index (χ2n) is 6.20. The van der Waals surface area contributed by atoms with Crippen molar-refractivity contribution in [2.75, 3.05) is 31.8 Å². The summed E-state index contributed by atoms with van der Waals surface area (Å²) in [4.78, 5) is 8.49. The summed E-state index contributed by atoms with van der Waals surface area (Å²) >= 11 is 0. The second-order valence-corrected chi connectivity index (χ2v) is 6.20. The number of rotatable bonds is 8. The average molecular weight is 372 g/mol. The Morgan fingerprint density at radius 2 is 1.93 bits per heavy atom. The third-order valence-electron chi connectivity index (χ3n) is 4.13. The van der Waals surface area contributed by atoms with Crippen molar-refractivity contribution in [2.24, 2.45) is 0 Å². The molecule has 0 saturated carbocycles. The van der Waals surface area contributed by atoms with Crippen LogP contribution in [0.2, 0.25) is 0 Å². The van der Waals surface area contributed by atoms with Crippen LogP contribution in [0.5, 0.6) is 11.5 Å². The van der Waals surface area contributed by atoms with Gasteiger partial charge in [-0.2, -0.15) is 10.1 Å². The van der Waals surface area contributed by atoms with Crippen LogP contribution in [0.4, 0.5) is 11.8 Å². The van der Waals surface area contributed by atoms with E-state index in [0.717, 1.165) is 17.1 Å². The van der Waals surface area contributed by atoms with E-state index in [1.807, 2.05) is 18.2 Å². The summed E-state index contributed by atoms with van der Waals surface area (Å²) < 4.78 is 12.6. The molecule has 3 aromatic rings.